The van der Waals surface area contributed by atoms with Crippen LogP contribution in [0.25, 0.3) is 11.0 Å². The number of benzene rings is 1. The Hall–Kier alpha value is -2.18. The van der Waals surface area contributed by atoms with Gasteiger partial charge in [-0.2, -0.15) is 0 Å². The van der Waals surface area contributed by atoms with E-state index in [-0.39, 0.29) is 22.6 Å². The molecule has 2 aliphatic rings. The van der Waals surface area contributed by atoms with E-state index in [1.54, 1.807) is 6.07 Å². The number of H-pyrrole nitrogens is 1. The fourth-order valence-corrected chi connectivity index (χ4v) is 3.08. The number of unbranched alkanes of at least 4 members (excludes halogenated alkanes) is 2. The first-order chi connectivity index (χ1) is 11.5. The van der Waals surface area contributed by atoms with Crippen molar-refractivity contribution in [3.8, 4) is 11.5 Å². The molecule has 1 aromatic heterocycles. The van der Waals surface area contributed by atoms with Crippen LogP contribution in [0.5, 0.6) is 11.5 Å². The van der Waals surface area contributed by atoms with Gasteiger partial charge in [0.25, 0.3) is 5.56 Å². The number of aromatic nitrogens is 2. The summed E-state index contributed by atoms with van der Waals surface area (Å²) in [4.78, 5) is 19.1. The molecule has 1 aromatic carbocycles. The van der Waals surface area contributed by atoms with Gasteiger partial charge < -0.3 is 14.5 Å². The molecule has 0 spiro atoms. The second-order valence-corrected chi connectivity index (χ2v) is 6.51. The van der Waals surface area contributed by atoms with Crippen LogP contribution in [0.15, 0.2) is 16.9 Å². The second kappa shape index (κ2) is 5.72. The highest BCUT2D eigenvalue weighted by Crippen LogP contribution is 2.44. The zero-order valence-corrected chi connectivity index (χ0v) is 13.1. The maximum Gasteiger partial charge on any atom is 0.586 e. The summed E-state index contributed by atoms with van der Waals surface area (Å²) in [5.74, 6) is 0.658. The van der Waals surface area contributed by atoms with Crippen molar-refractivity contribution in [2.75, 3.05) is 0 Å². The average Bonchev–Trinajstić information content (AvgIpc) is 3.28. The van der Waals surface area contributed by atoms with Crippen molar-refractivity contribution in [2.24, 2.45) is 5.92 Å². The summed E-state index contributed by atoms with van der Waals surface area (Å²) in [5.41, 5.74) is 0.631. The third kappa shape index (κ3) is 3.07. The summed E-state index contributed by atoms with van der Waals surface area (Å²) < 4.78 is 35.2. The minimum Gasteiger partial charge on any atom is -0.395 e. The molecule has 0 amide bonds. The van der Waals surface area contributed by atoms with E-state index in [1.807, 2.05) is 0 Å². The van der Waals surface area contributed by atoms with Gasteiger partial charge in [0.2, 0.25) is 0 Å². The fourth-order valence-electron chi connectivity index (χ4n) is 3.08. The summed E-state index contributed by atoms with van der Waals surface area (Å²) in [5, 5.41) is 0. The minimum atomic E-state index is -3.71. The van der Waals surface area contributed by atoms with E-state index < -0.39 is 6.29 Å². The van der Waals surface area contributed by atoms with Crippen LogP contribution in [-0.2, 0) is 6.42 Å². The number of hydrogen-bond donors (Lipinski definition) is 1. The van der Waals surface area contributed by atoms with Crippen LogP contribution in [0.2, 0.25) is 0 Å². The van der Waals surface area contributed by atoms with E-state index in [0.29, 0.717) is 17.6 Å². The summed E-state index contributed by atoms with van der Waals surface area (Å²) in [7, 11) is 0. The molecule has 128 valence electrons. The monoisotopic (exact) mass is 336 g/mol. The van der Waals surface area contributed by atoms with Gasteiger partial charge in [0.05, 0.1) is 5.52 Å². The fraction of sp³-hybridized carbons (Fsp3) is 0.529. The molecule has 1 aliphatic carbocycles. The van der Waals surface area contributed by atoms with Crippen molar-refractivity contribution in [1.82, 2.24) is 9.97 Å². The smallest absolute Gasteiger partial charge is 0.395 e. The van der Waals surface area contributed by atoms with Crippen LogP contribution in [-0.4, -0.2) is 16.3 Å². The Morgan fingerprint density at radius 1 is 1.21 bits per heavy atom. The van der Waals surface area contributed by atoms with Gasteiger partial charge in [-0.3, -0.25) is 4.79 Å². The van der Waals surface area contributed by atoms with Gasteiger partial charge in [-0.1, -0.05) is 32.1 Å². The molecule has 1 aliphatic heterocycles. The van der Waals surface area contributed by atoms with Crippen LogP contribution in [0.1, 0.15) is 44.2 Å². The first-order valence-electron chi connectivity index (χ1n) is 8.33. The van der Waals surface area contributed by atoms with Gasteiger partial charge in [0.15, 0.2) is 11.5 Å². The van der Waals surface area contributed by atoms with E-state index in [2.05, 4.69) is 19.4 Å². The minimum absolute atomic E-state index is 0.0993. The lowest BCUT2D eigenvalue weighted by atomic mass is 10.1. The normalized spacial score (nSPS) is 18.2. The van der Waals surface area contributed by atoms with Crippen LogP contribution < -0.4 is 15.0 Å². The van der Waals surface area contributed by atoms with Crippen LogP contribution >= 0.6 is 0 Å². The maximum absolute atomic E-state index is 13.2. The summed E-state index contributed by atoms with van der Waals surface area (Å²) in [6, 6.07) is 2.93. The highest BCUT2D eigenvalue weighted by atomic mass is 19.3. The van der Waals surface area contributed by atoms with E-state index in [1.165, 1.54) is 31.7 Å². The lowest BCUT2D eigenvalue weighted by Gasteiger charge is -2.06. The zero-order valence-electron chi connectivity index (χ0n) is 13.1. The van der Waals surface area contributed by atoms with Crippen molar-refractivity contribution in [3.05, 3.63) is 28.2 Å². The van der Waals surface area contributed by atoms with Crippen LogP contribution in [0.3, 0.4) is 0 Å². The van der Waals surface area contributed by atoms with Crippen molar-refractivity contribution in [2.45, 2.75) is 51.2 Å². The first-order valence-corrected chi connectivity index (χ1v) is 8.33. The molecule has 2 aromatic rings. The lowest BCUT2D eigenvalue weighted by molar-refractivity contribution is -0.286. The number of nitrogens with one attached hydrogen (secondary N) is 1. The zero-order chi connectivity index (χ0) is 16.7. The molecular formula is C17H18F2N2O3. The van der Waals surface area contributed by atoms with Crippen molar-refractivity contribution in [3.63, 3.8) is 0 Å². The Labute approximate surface area is 137 Å². The third-order valence-corrected chi connectivity index (χ3v) is 4.53. The molecule has 7 heteroatoms. The summed E-state index contributed by atoms with van der Waals surface area (Å²) >= 11 is 0. The molecule has 1 fully saturated rings. The van der Waals surface area contributed by atoms with Crippen molar-refractivity contribution in [1.29, 1.82) is 0 Å². The van der Waals surface area contributed by atoms with Gasteiger partial charge >= 0.3 is 6.29 Å². The number of alkyl halides is 2. The number of hydrogen-bond acceptors (Lipinski definition) is 4. The van der Waals surface area contributed by atoms with Gasteiger partial charge in [0.1, 0.15) is 11.2 Å². The number of aromatic amines is 1. The summed E-state index contributed by atoms with van der Waals surface area (Å²) in [6.07, 6.45) is 4.03. The summed E-state index contributed by atoms with van der Waals surface area (Å²) in [6.45, 7) is 0. The average molecular weight is 336 g/mol. The quantitative estimate of drug-likeness (QED) is 0.816. The van der Waals surface area contributed by atoms with Crippen molar-refractivity contribution >= 4 is 11.0 Å². The molecule has 1 saturated carbocycles. The molecular weight excluding hydrogens is 318 g/mol. The van der Waals surface area contributed by atoms with E-state index in [4.69, 9.17) is 0 Å². The highest BCUT2D eigenvalue weighted by Gasteiger charge is 2.44. The molecule has 5 nitrogen and oxygen atoms in total. The Morgan fingerprint density at radius 3 is 2.83 bits per heavy atom. The first kappa shape index (κ1) is 15.4. The molecule has 4 rings (SSSR count). The predicted molar refractivity (Wildman–Crippen MR) is 83.5 cm³/mol. The molecule has 0 radical (unpaired) electrons. The van der Waals surface area contributed by atoms with Gasteiger partial charge in [-0.15, -0.1) is 8.78 Å². The number of rotatable bonds is 6. The third-order valence-electron chi connectivity index (χ3n) is 4.53. The van der Waals surface area contributed by atoms with Gasteiger partial charge in [0, 0.05) is 0 Å². The molecule has 0 bridgehead atoms. The maximum atomic E-state index is 13.2. The topological polar surface area (TPSA) is 64.2 Å². The number of aryl methyl sites for hydroxylation is 1. The molecule has 0 unspecified atom stereocenters. The Bertz CT molecular complexity index is 830. The van der Waals surface area contributed by atoms with Gasteiger partial charge in [-0.25, -0.2) is 4.98 Å². The largest absolute Gasteiger partial charge is 0.586 e. The predicted octanol–water partition coefficient (Wildman–Crippen LogP) is 3.76. The van der Waals surface area contributed by atoms with E-state index >= 15 is 0 Å². The number of ether oxygens (including phenoxy) is 2. The Balaban J connectivity index is 1.50. The molecule has 24 heavy (non-hydrogen) atoms. The Kier molecular flexibility index (Phi) is 3.66. The second-order valence-electron chi connectivity index (χ2n) is 6.51. The standard InChI is InChI=1S/C17H18F2N2O3/c18-17(19)23-13-9-8-11-14(15(13)24-17)21-16(22)12(20-11)5-3-1-2-4-10-6-7-10/h8-10H,1-7H2,(H,21,22). The number of nitrogens with zero attached hydrogens (tertiary/aromatic N) is 1. The number of fused-ring (bicyclic) bond motifs is 3. The molecule has 0 saturated heterocycles. The highest BCUT2D eigenvalue weighted by molar-refractivity contribution is 5.84. The van der Waals surface area contributed by atoms with Crippen molar-refractivity contribution < 1.29 is 18.3 Å². The Morgan fingerprint density at radius 2 is 2.04 bits per heavy atom. The SMILES string of the molecule is O=c1[nH]c2c3c(ccc2nc1CCCCCC1CC1)OC(F)(F)O3. The molecule has 0 atom stereocenters. The lowest BCUT2D eigenvalue weighted by Crippen LogP contribution is -2.26. The molecule has 2 heterocycles. The van der Waals surface area contributed by atoms with Crippen LogP contribution in [0.4, 0.5) is 8.78 Å². The molecule has 1 N–H and O–H groups in total. The van der Waals surface area contributed by atoms with Gasteiger partial charge in [-0.05, 0) is 30.9 Å². The van der Waals surface area contributed by atoms with Crippen LogP contribution in [0, 0.1) is 5.92 Å². The van der Waals surface area contributed by atoms with E-state index in [9.17, 15) is 13.6 Å². The van der Waals surface area contributed by atoms with E-state index in [0.717, 1.165) is 18.8 Å². The number of halogens is 2.